The number of halogens is 2. The monoisotopic (exact) mass is 390 g/mol. The minimum absolute atomic E-state index is 0.200. The predicted octanol–water partition coefficient (Wildman–Crippen LogP) is 3.91. The van der Waals surface area contributed by atoms with Gasteiger partial charge in [-0.25, -0.2) is 8.78 Å². The number of nitrogens with one attached hydrogen (secondary N) is 2. The molecule has 2 aromatic rings. The summed E-state index contributed by atoms with van der Waals surface area (Å²) in [4.78, 5) is 24.8. The van der Waals surface area contributed by atoms with Gasteiger partial charge in [-0.3, -0.25) is 20.4 Å². The SMILES string of the molecule is CCc1c(OC)cccc1C(=O)NNC(=O)c1c(F)ccc(C(C)(C)C)c1F. The summed E-state index contributed by atoms with van der Waals surface area (Å²) in [7, 11) is 1.49. The van der Waals surface area contributed by atoms with Crippen LogP contribution >= 0.6 is 0 Å². The van der Waals surface area contributed by atoms with E-state index in [0.29, 0.717) is 23.3 Å². The Morgan fingerprint density at radius 1 is 1.04 bits per heavy atom. The van der Waals surface area contributed by atoms with Crippen molar-refractivity contribution in [3.8, 4) is 5.75 Å². The average Bonchev–Trinajstić information content (AvgIpc) is 2.64. The second-order valence-corrected chi connectivity index (χ2v) is 7.28. The van der Waals surface area contributed by atoms with Crippen LogP contribution in [0.25, 0.3) is 0 Å². The molecule has 2 N–H and O–H groups in total. The van der Waals surface area contributed by atoms with Crippen molar-refractivity contribution < 1.29 is 23.1 Å². The highest BCUT2D eigenvalue weighted by atomic mass is 19.1. The Morgan fingerprint density at radius 3 is 2.25 bits per heavy atom. The summed E-state index contributed by atoms with van der Waals surface area (Å²) in [6.07, 6.45) is 0.525. The van der Waals surface area contributed by atoms with Gasteiger partial charge in [-0.15, -0.1) is 0 Å². The molecule has 0 bridgehead atoms. The number of hydrogen-bond acceptors (Lipinski definition) is 3. The van der Waals surface area contributed by atoms with Crippen LogP contribution in [0.5, 0.6) is 5.75 Å². The van der Waals surface area contributed by atoms with Crippen LogP contribution in [0.4, 0.5) is 8.78 Å². The third-order valence-electron chi connectivity index (χ3n) is 4.37. The van der Waals surface area contributed by atoms with E-state index in [0.717, 1.165) is 6.07 Å². The number of ether oxygens (including phenoxy) is 1. The summed E-state index contributed by atoms with van der Waals surface area (Å²) in [6, 6.07) is 7.28. The third-order valence-corrected chi connectivity index (χ3v) is 4.37. The smallest absolute Gasteiger partial charge is 0.275 e. The van der Waals surface area contributed by atoms with Gasteiger partial charge < -0.3 is 4.74 Å². The second-order valence-electron chi connectivity index (χ2n) is 7.28. The van der Waals surface area contributed by atoms with Crippen molar-refractivity contribution in [2.75, 3.05) is 7.11 Å². The van der Waals surface area contributed by atoms with Crippen molar-refractivity contribution in [2.45, 2.75) is 39.5 Å². The molecule has 0 aromatic heterocycles. The molecule has 0 aliphatic carbocycles. The van der Waals surface area contributed by atoms with E-state index in [2.05, 4.69) is 10.9 Å². The van der Waals surface area contributed by atoms with Crippen LogP contribution < -0.4 is 15.6 Å². The summed E-state index contributed by atoms with van der Waals surface area (Å²) in [5, 5.41) is 0. The van der Waals surface area contributed by atoms with Crippen LogP contribution in [-0.2, 0) is 11.8 Å². The number of rotatable bonds is 4. The minimum Gasteiger partial charge on any atom is -0.496 e. The molecule has 28 heavy (non-hydrogen) atoms. The Labute approximate surface area is 163 Å². The fourth-order valence-electron chi connectivity index (χ4n) is 2.92. The minimum atomic E-state index is -1.07. The molecule has 0 aliphatic rings. The number of hydrazine groups is 1. The van der Waals surface area contributed by atoms with E-state index in [9.17, 15) is 18.4 Å². The molecule has 0 spiro atoms. The Balaban J connectivity index is 2.25. The molecule has 0 atom stereocenters. The number of carbonyl (C=O) groups excluding carboxylic acids is 2. The van der Waals surface area contributed by atoms with E-state index in [1.54, 1.807) is 39.0 Å². The third kappa shape index (κ3) is 4.30. The number of carbonyl (C=O) groups is 2. The first-order valence-electron chi connectivity index (χ1n) is 8.86. The first-order valence-corrected chi connectivity index (χ1v) is 8.86. The highest BCUT2D eigenvalue weighted by Crippen LogP contribution is 2.28. The molecule has 0 unspecified atom stereocenters. The second kappa shape index (κ2) is 8.37. The summed E-state index contributed by atoms with van der Waals surface area (Å²) in [6.45, 7) is 7.11. The lowest BCUT2D eigenvalue weighted by Gasteiger charge is -2.21. The molecule has 0 aliphatic heterocycles. The lowest BCUT2D eigenvalue weighted by molar-refractivity contribution is 0.0840. The summed E-state index contributed by atoms with van der Waals surface area (Å²) < 4.78 is 34.1. The van der Waals surface area contributed by atoms with Crippen LogP contribution in [-0.4, -0.2) is 18.9 Å². The maximum atomic E-state index is 14.7. The van der Waals surface area contributed by atoms with Crippen molar-refractivity contribution in [3.63, 3.8) is 0 Å². The first kappa shape index (κ1) is 21.3. The van der Waals surface area contributed by atoms with Crippen LogP contribution in [0.3, 0.4) is 0 Å². The summed E-state index contributed by atoms with van der Waals surface area (Å²) in [5.41, 5.74) is 4.09. The van der Waals surface area contributed by atoms with E-state index < -0.39 is 34.4 Å². The molecule has 150 valence electrons. The van der Waals surface area contributed by atoms with Gasteiger partial charge in [0.15, 0.2) is 0 Å². The van der Waals surface area contributed by atoms with Crippen molar-refractivity contribution in [3.05, 3.63) is 64.2 Å². The number of amides is 2. The molecule has 2 amide bonds. The van der Waals surface area contributed by atoms with E-state index in [1.165, 1.54) is 13.2 Å². The molecule has 0 radical (unpaired) electrons. The Kier molecular flexibility index (Phi) is 6.38. The van der Waals surface area contributed by atoms with Crippen molar-refractivity contribution >= 4 is 11.8 Å². The molecule has 0 heterocycles. The molecule has 0 saturated carbocycles. The quantitative estimate of drug-likeness (QED) is 0.778. The van der Waals surface area contributed by atoms with Crippen molar-refractivity contribution in [1.29, 1.82) is 0 Å². The Hall–Kier alpha value is -2.96. The maximum absolute atomic E-state index is 14.7. The van der Waals surface area contributed by atoms with Crippen LogP contribution in [0.2, 0.25) is 0 Å². The normalized spacial score (nSPS) is 11.1. The zero-order chi connectivity index (χ0) is 21.1. The van der Waals surface area contributed by atoms with Crippen molar-refractivity contribution in [2.24, 2.45) is 0 Å². The van der Waals surface area contributed by atoms with E-state index in [4.69, 9.17) is 4.74 Å². The lowest BCUT2D eigenvalue weighted by atomic mass is 9.85. The Bertz CT molecular complexity index is 905. The van der Waals surface area contributed by atoms with Crippen molar-refractivity contribution in [1.82, 2.24) is 10.9 Å². The number of benzene rings is 2. The van der Waals surface area contributed by atoms with E-state index in [1.807, 2.05) is 6.92 Å². The number of hydrogen-bond donors (Lipinski definition) is 2. The lowest BCUT2D eigenvalue weighted by Crippen LogP contribution is -2.42. The topological polar surface area (TPSA) is 67.4 Å². The highest BCUT2D eigenvalue weighted by Gasteiger charge is 2.26. The van der Waals surface area contributed by atoms with Crippen LogP contribution in [0.15, 0.2) is 30.3 Å². The van der Waals surface area contributed by atoms with Gasteiger partial charge in [0.05, 0.1) is 7.11 Å². The zero-order valence-electron chi connectivity index (χ0n) is 16.6. The van der Waals surface area contributed by atoms with Gasteiger partial charge in [-0.2, -0.15) is 0 Å². The molecular weight excluding hydrogens is 366 g/mol. The van der Waals surface area contributed by atoms with Crippen LogP contribution in [0, 0.1) is 11.6 Å². The fraction of sp³-hybridized carbons (Fsp3) is 0.333. The highest BCUT2D eigenvalue weighted by molar-refractivity contribution is 6.00. The van der Waals surface area contributed by atoms with Gasteiger partial charge >= 0.3 is 0 Å². The summed E-state index contributed by atoms with van der Waals surface area (Å²) >= 11 is 0. The van der Waals surface area contributed by atoms with Gasteiger partial charge in [0.1, 0.15) is 22.9 Å². The fourth-order valence-corrected chi connectivity index (χ4v) is 2.92. The average molecular weight is 390 g/mol. The zero-order valence-corrected chi connectivity index (χ0v) is 16.6. The van der Waals surface area contributed by atoms with Gasteiger partial charge in [-0.05, 0) is 35.6 Å². The van der Waals surface area contributed by atoms with E-state index in [-0.39, 0.29) is 5.56 Å². The standard InChI is InChI=1S/C21H24F2N2O3/c1-6-12-13(8-7-9-16(12)28-5)19(26)24-25-20(27)17-15(22)11-10-14(18(17)23)21(2,3)4/h7-11H,6H2,1-5H3,(H,24,26)(H,25,27). The molecule has 0 saturated heterocycles. The van der Waals surface area contributed by atoms with Gasteiger partial charge in [0.25, 0.3) is 11.8 Å². The molecule has 2 aromatic carbocycles. The number of methoxy groups -OCH3 is 1. The molecular formula is C21H24F2N2O3. The molecule has 2 rings (SSSR count). The Morgan fingerprint density at radius 2 is 1.68 bits per heavy atom. The molecule has 0 fully saturated rings. The largest absolute Gasteiger partial charge is 0.496 e. The molecule has 5 nitrogen and oxygen atoms in total. The molecule has 7 heteroatoms. The van der Waals surface area contributed by atoms with Gasteiger partial charge in [0.2, 0.25) is 0 Å². The predicted molar refractivity (Wildman–Crippen MR) is 102 cm³/mol. The maximum Gasteiger partial charge on any atom is 0.275 e. The van der Waals surface area contributed by atoms with Gasteiger partial charge in [-0.1, -0.05) is 39.8 Å². The van der Waals surface area contributed by atoms with E-state index >= 15 is 0 Å². The van der Waals surface area contributed by atoms with Gasteiger partial charge in [0, 0.05) is 11.1 Å². The first-order chi connectivity index (χ1) is 13.1. The van der Waals surface area contributed by atoms with Crippen LogP contribution in [0.1, 0.15) is 59.5 Å². The summed E-state index contributed by atoms with van der Waals surface area (Å²) in [5.74, 6) is -3.11.